The van der Waals surface area contributed by atoms with Gasteiger partial charge in [0.2, 0.25) is 5.91 Å². The van der Waals surface area contributed by atoms with Gasteiger partial charge in [-0.1, -0.05) is 24.3 Å². The maximum absolute atomic E-state index is 13.6. The number of carbonyl (C=O) groups is 1. The number of benzene rings is 1. The van der Waals surface area contributed by atoms with Gasteiger partial charge in [-0.2, -0.15) is 5.10 Å². The van der Waals surface area contributed by atoms with Crippen LogP contribution in [0.25, 0.3) is 0 Å². The van der Waals surface area contributed by atoms with E-state index in [0.29, 0.717) is 13.1 Å². The molecule has 1 aliphatic carbocycles. The number of rotatable bonds is 5. The molecule has 3 aromatic rings. The van der Waals surface area contributed by atoms with Crippen molar-refractivity contribution in [2.24, 2.45) is 20.0 Å². The van der Waals surface area contributed by atoms with Gasteiger partial charge in [-0.25, -0.2) is 4.98 Å². The summed E-state index contributed by atoms with van der Waals surface area (Å²) >= 11 is 0. The van der Waals surface area contributed by atoms with Crippen LogP contribution in [-0.2, 0) is 44.8 Å². The van der Waals surface area contributed by atoms with Crippen molar-refractivity contribution >= 4 is 5.91 Å². The van der Waals surface area contributed by atoms with Crippen molar-refractivity contribution < 1.29 is 4.79 Å². The standard InChI is InChI=1S/C23H29N5O/c1-16-21(17(2)27(4)25-16)14-28(15-22-24-11-12-26(22)3)23(29)20-10-9-18-7-5-6-8-19(18)13-20/h5-8,11-12,20H,9-10,13-15H2,1-4H3. The maximum Gasteiger partial charge on any atom is 0.226 e. The second-order valence-corrected chi connectivity index (χ2v) is 8.13. The quantitative estimate of drug-likeness (QED) is 0.672. The zero-order chi connectivity index (χ0) is 20.5. The number of nitrogens with zero attached hydrogens (tertiary/aromatic N) is 5. The number of carbonyl (C=O) groups excluding carboxylic acids is 1. The Labute approximate surface area is 172 Å². The van der Waals surface area contributed by atoms with Crippen molar-refractivity contribution in [3.8, 4) is 0 Å². The lowest BCUT2D eigenvalue weighted by molar-refractivity contribution is -0.137. The summed E-state index contributed by atoms with van der Waals surface area (Å²) in [5.74, 6) is 1.13. The van der Waals surface area contributed by atoms with Crippen molar-refractivity contribution in [3.05, 3.63) is 70.6 Å². The first-order valence-electron chi connectivity index (χ1n) is 10.2. The first-order valence-corrected chi connectivity index (χ1v) is 10.2. The Hall–Kier alpha value is -2.89. The van der Waals surface area contributed by atoms with Crippen LogP contribution >= 0.6 is 0 Å². The molecular formula is C23H29N5O. The molecule has 2 heterocycles. The van der Waals surface area contributed by atoms with Gasteiger partial charge in [0.25, 0.3) is 0 Å². The van der Waals surface area contributed by atoms with Crippen LogP contribution in [0.3, 0.4) is 0 Å². The molecule has 0 radical (unpaired) electrons. The van der Waals surface area contributed by atoms with Crippen LogP contribution in [-0.4, -0.2) is 30.1 Å². The first-order chi connectivity index (χ1) is 13.9. The fraction of sp³-hybridized carbons (Fsp3) is 0.435. The molecule has 0 N–H and O–H groups in total. The normalized spacial score (nSPS) is 15.9. The van der Waals surface area contributed by atoms with E-state index < -0.39 is 0 Å². The number of amides is 1. The summed E-state index contributed by atoms with van der Waals surface area (Å²) in [7, 11) is 3.93. The molecular weight excluding hydrogens is 362 g/mol. The van der Waals surface area contributed by atoms with E-state index in [2.05, 4.69) is 41.3 Å². The minimum Gasteiger partial charge on any atom is -0.337 e. The fourth-order valence-corrected chi connectivity index (χ4v) is 4.34. The largest absolute Gasteiger partial charge is 0.337 e. The monoisotopic (exact) mass is 391 g/mol. The highest BCUT2D eigenvalue weighted by molar-refractivity contribution is 5.79. The van der Waals surface area contributed by atoms with E-state index in [1.807, 2.05) is 41.4 Å². The average Bonchev–Trinajstić information content (AvgIpc) is 3.23. The van der Waals surface area contributed by atoms with E-state index in [9.17, 15) is 4.79 Å². The Morgan fingerprint density at radius 2 is 1.93 bits per heavy atom. The molecule has 0 bridgehead atoms. The van der Waals surface area contributed by atoms with Crippen molar-refractivity contribution in [2.75, 3.05) is 0 Å². The molecule has 1 amide bonds. The number of fused-ring (bicyclic) bond motifs is 1. The Balaban J connectivity index is 1.61. The molecule has 0 saturated carbocycles. The SMILES string of the molecule is Cc1nn(C)c(C)c1CN(Cc1nccn1C)C(=O)C1CCc2ccccc2C1. The van der Waals surface area contributed by atoms with Gasteiger partial charge in [0.15, 0.2) is 0 Å². The zero-order valence-corrected chi connectivity index (χ0v) is 17.7. The molecule has 1 unspecified atom stereocenters. The molecule has 6 heteroatoms. The van der Waals surface area contributed by atoms with Gasteiger partial charge in [-0.05, 0) is 44.2 Å². The highest BCUT2D eigenvalue weighted by Crippen LogP contribution is 2.28. The topological polar surface area (TPSA) is 56.0 Å². The predicted molar refractivity (Wildman–Crippen MR) is 112 cm³/mol. The van der Waals surface area contributed by atoms with Gasteiger partial charge in [0.05, 0.1) is 12.2 Å². The first kappa shape index (κ1) is 19.4. The van der Waals surface area contributed by atoms with E-state index in [4.69, 9.17) is 0 Å². The summed E-state index contributed by atoms with van der Waals surface area (Å²) in [5, 5.41) is 4.54. The van der Waals surface area contributed by atoms with Crippen LogP contribution < -0.4 is 0 Å². The molecule has 4 rings (SSSR count). The van der Waals surface area contributed by atoms with Gasteiger partial charge in [-0.3, -0.25) is 9.48 Å². The Kier molecular flexibility index (Phi) is 5.26. The highest BCUT2D eigenvalue weighted by atomic mass is 16.2. The number of hydrogen-bond acceptors (Lipinski definition) is 3. The number of imidazole rings is 1. The molecule has 0 saturated heterocycles. The molecule has 29 heavy (non-hydrogen) atoms. The van der Waals surface area contributed by atoms with Crippen molar-refractivity contribution in [2.45, 2.75) is 46.2 Å². The second kappa shape index (κ2) is 7.85. The van der Waals surface area contributed by atoms with E-state index in [1.165, 1.54) is 11.1 Å². The molecule has 0 aliphatic heterocycles. The summed E-state index contributed by atoms with van der Waals surface area (Å²) in [5.41, 5.74) is 5.91. The van der Waals surface area contributed by atoms with Gasteiger partial charge in [0, 0.05) is 50.2 Å². The van der Waals surface area contributed by atoms with E-state index >= 15 is 0 Å². The van der Waals surface area contributed by atoms with Crippen LogP contribution in [0.5, 0.6) is 0 Å². The third-order valence-corrected chi connectivity index (χ3v) is 6.27. The molecule has 1 aromatic carbocycles. The summed E-state index contributed by atoms with van der Waals surface area (Å²) in [6, 6.07) is 8.50. The lowest BCUT2D eigenvalue weighted by Crippen LogP contribution is -2.38. The number of aryl methyl sites for hydroxylation is 4. The van der Waals surface area contributed by atoms with Crippen molar-refractivity contribution in [3.63, 3.8) is 0 Å². The number of aromatic nitrogens is 4. The Morgan fingerprint density at radius 3 is 2.59 bits per heavy atom. The molecule has 1 atom stereocenters. The minimum atomic E-state index is 0.0162. The second-order valence-electron chi connectivity index (χ2n) is 8.13. The molecule has 152 valence electrons. The minimum absolute atomic E-state index is 0.0162. The van der Waals surface area contributed by atoms with Crippen molar-refractivity contribution in [1.82, 2.24) is 24.2 Å². The molecule has 0 spiro atoms. The van der Waals surface area contributed by atoms with Gasteiger partial charge in [-0.15, -0.1) is 0 Å². The van der Waals surface area contributed by atoms with E-state index in [-0.39, 0.29) is 11.8 Å². The molecule has 6 nitrogen and oxygen atoms in total. The summed E-state index contributed by atoms with van der Waals surface area (Å²) in [4.78, 5) is 20.1. The predicted octanol–water partition coefficient (Wildman–Crippen LogP) is 3.10. The van der Waals surface area contributed by atoms with E-state index in [1.54, 1.807) is 6.20 Å². The van der Waals surface area contributed by atoms with Gasteiger partial charge in [0.1, 0.15) is 5.82 Å². The summed E-state index contributed by atoms with van der Waals surface area (Å²) in [6.07, 6.45) is 6.40. The van der Waals surface area contributed by atoms with Crippen LogP contribution in [0.15, 0.2) is 36.7 Å². The summed E-state index contributed by atoms with van der Waals surface area (Å²) < 4.78 is 3.88. The maximum atomic E-state index is 13.6. The molecule has 2 aromatic heterocycles. The van der Waals surface area contributed by atoms with Gasteiger partial charge >= 0.3 is 0 Å². The Morgan fingerprint density at radius 1 is 1.17 bits per heavy atom. The van der Waals surface area contributed by atoms with E-state index in [0.717, 1.165) is 42.0 Å². The van der Waals surface area contributed by atoms with Crippen LogP contribution in [0.4, 0.5) is 0 Å². The average molecular weight is 392 g/mol. The Bertz CT molecular complexity index is 1030. The summed E-state index contributed by atoms with van der Waals surface area (Å²) in [6.45, 7) is 5.15. The highest BCUT2D eigenvalue weighted by Gasteiger charge is 2.30. The smallest absolute Gasteiger partial charge is 0.226 e. The lowest BCUT2D eigenvalue weighted by atomic mass is 9.83. The van der Waals surface area contributed by atoms with Crippen LogP contribution in [0.1, 0.15) is 40.3 Å². The molecule has 1 aliphatic rings. The zero-order valence-electron chi connectivity index (χ0n) is 17.7. The lowest BCUT2D eigenvalue weighted by Gasteiger charge is -2.30. The van der Waals surface area contributed by atoms with Crippen LogP contribution in [0.2, 0.25) is 0 Å². The van der Waals surface area contributed by atoms with Gasteiger partial charge < -0.3 is 9.47 Å². The van der Waals surface area contributed by atoms with Crippen molar-refractivity contribution in [1.29, 1.82) is 0 Å². The number of hydrogen-bond donors (Lipinski definition) is 0. The fourth-order valence-electron chi connectivity index (χ4n) is 4.34. The van der Waals surface area contributed by atoms with Crippen LogP contribution in [0, 0.1) is 19.8 Å². The third-order valence-electron chi connectivity index (χ3n) is 6.27. The third kappa shape index (κ3) is 3.84. The molecule has 0 fully saturated rings.